The molecular weight excluding hydrogens is 154 g/mol. The summed E-state index contributed by atoms with van der Waals surface area (Å²) in [5.41, 5.74) is 0. The first kappa shape index (κ1) is 9.96. The third-order valence-corrected chi connectivity index (χ3v) is 2.59. The zero-order valence-corrected chi connectivity index (χ0v) is 8.16. The molecule has 1 heterocycles. The van der Waals surface area contributed by atoms with Crippen LogP contribution in [0.15, 0.2) is 0 Å². The van der Waals surface area contributed by atoms with Crippen LogP contribution in [0.2, 0.25) is 0 Å². The molecular formula is C9H19NO2. The summed E-state index contributed by atoms with van der Waals surface area (Å²) in [6, 6.07) is 0.185. The van der Waals surface area contributed by atoms with Gasteiger partial charge in [-0.15, -0.1) is 0 Å². The van der Waals surface area contributed by atoms with Crippen LogP contribution in [-0.4, -0.2) is 48.5 Å². The molecule has 1 aliphatic heterocycles. The molecule has 3 nitrogen and oxygen atoms in total. The highest BCUT2D eigenvalue weighted by Gasteiger charge is 2.34. The van der Waals surface area contributed by atoms with Crippen molar-refractivity contribution in [1.82, 2.24) is 4.90 Å². The van der Waals surface area contributed by atoms with Crippen LogP contribution in [0.5, 0.6) is 0 Å². The van der Waals surface area contributed by atoms with Gasteiger partial charge in [0.25, 0.3) is 0 Å². The van der Waals surface area contributed by atoms with Gasteiger partial charge in [0.1, 0.15) is 0 Å². The maximum atomic E-state index is 9.63. The Bertz CT molecular complexity index is 130. The normalized spacial score (nSPS) is 34.0. The Labute approximate surface area is 74.3 Å². The number of nitrogens with zero attached hydrogens (tertiary/aromatic N) is 1. The predicted octanol–water partition coefficient (Wildman–Crippen LogP) is 0.476. The molecule has 1 fully saturated rings. The molecule has 0 saturated carbocycles. The minimum absolute atomic E-state index is 0.137. The van der Waals surface area contributed by atoms with E-state index in [1.807, 2.05) is 20.9 Å². The number of likely N-dealkylation sites (tertiary alicyclic amines) is 1. The highest BCUT2D eigenvalue weighted by atomic mass is 16.5. The van der Waals surface area contributed by atoms with Gasteiger partial charge in [0.05, 0.1) is 18.2 Å². The van der Waals surface area contributed by atoms with Crippen LogP contribution < -0.4 is 0 Å². The molecule has 0 bridgehead atoms. The number of aliphatic hydroxyl groups excluding tert-OH is 1. The summed E-state index contributed by atoms with van der Waals surface area (Å²) in [6.45, 7) is 5.71. The SMILES string of the molecule is CCO[C@@H](C)[C@@H]1[C@@H](O)CCN1C. The molecule has 1 saturated heterocycles. The second-order valence-electron chi connectivity index (χ2n) is 3.49. The lowest BCUT2D eigenvalue weighted by Crippen LogP contribution is -2.42. The van der Waals surface area contributed by atoms with Gasteiger partial charge >= 0.3 is 0 Å². The van der Waals surface area contributed by atoms with E-state index in [-0.39, 0.29) is 18.2 Å². The van der Waals surface area contributed by atoms with Gasteiger partial charge in [0, 0.05) is 13.2 Å². The van der Waals surface area contributed by atoms with Gasteiger partial charge in [-0.3, -0.25) is 4.90 Å². The minimum atomic E-state index is -0.212. The number of hydrogen-bond donors (Lipinski definition) is 1. The van der Waals surface area contributed by atoms with Gasteiger partial charge < -0.3 is 9.84 Å². The average molecular weight is 173 g/mol. The molecule has 1 N–H and O–H groups in total. The Morgan fingerprint density at radius 2 is 2.33 bits per heavy atom. The summed E-state index contributed by atoms with van der Waals surface area (Å²) in [6.07, 6.45) is 0.799. The molecule has 1 aliphatic rings. The maximum Gasteiger partial charge on any atom is 0.0732 e. The third-order valence-electron chi connectivity index (χ3n) is 2.59. The van der Waals surface area contributed by atoms with Crippen molar-refractivity contribution in [3.05, 3.63) is 0 Å². The fourth-order valence-corrected chi connectivity index (χ4v) is 1.98. The number of hydrogen-bond acceptors (Lipinski definition) is 3. The number of aliphatic hydroxyl groups is 1. The largest absolute Gasteiger partial charge is 0.391 e. The Morgan fingerprint density at radius 3 is 2.75 bits per heavy atom. The van der Waals surface area contributed by atoms with Crippen molar-refractivity contribution in [2.24, 2.45) is 0 Å². The standard InChI is InChI=1S/C9H19NO2/c1-4-12-7(2)9-8(11)5-6-10(9)3/h7-9,11H,4-6H2,1-3H3/t7-,8-,9+/m0/s1. The fourth-order valence-electron chi connectivity index (χ4n) is 1.98. The molecule has 0 aromatic rings. The van der Waals surface area contributed by atoms with Crippen molar-refractivity contribution in [2.75, 3.05) is 20.2 Å². The zero-order chi connectivity index (χ0) is 9.14. The van der Waals surface area contributed by atoms with E-state index >= 15 is 0 Å². The Morgan fingerprint density at radius 1 is 1.67 bits per heavy atom. The van der Waals surface area contributed by atoms with Crippen LogP contribution >= 0.6 is 0 Å². The van der Waals surface area contributed by atoms with Crippen LogP contribution in [0, 0.1) is 0 Å². The Hall–Kier alpha value is -0.120. The smallest absolute Gasteiger partial charge is 0.0732 e. The first-order chi connectivity index (χ1) is 5.66. The van der Waals surface area contributed by atoms with E-state index < -0.39 is 0 Å². The van der Waals surface area contributed by atoms with Crippen molar-refractivity contribution in [3.63, 3.8) is 0 Å². The Balaban J connectivity index is 2.47. The van der Waals surface area contributed by atoms with E-state index in [0.717, 1.165) is 19.6 Å². The number of ether oxygens (including phenoxy) is 1. The molecule has 3 atom stereocenters. The maximum absolute atomic E-state index is 9.63. The lowest BCUT2D eigenvalue weighted by atomic mass is 10.1. The summed E-state index contributed by atoms with van der Waals surface area (Å²) >= 11 is 0. The highest BCUT2D eigenvalue weighted by Crippen LogP contribution is 2.20. The van der Waals surface area contributed by atoms with Crippen LogP contribution in [0.25, 0.3) is 0 Å². The van der Waals surface area contributed by atoms with E-state index in [0.29, 0.717) is 0 Å². The molecule has 72 valence electrons. The molecule has 0 spiro atoms. The van der Waals surface area contributed by atoms with Crippen molar-refractivity contribution >= 4 is 0 Å². The van der Waals surface area contributed by atoms with Crippen molar-refractivity contribution in [3.8, 4) is 0 Å². The van der Waals surface area contributed by atoms with Gasteiger partial charge in [-0.25, -0.2) is 0 Å². The van der Waals surface area contributed by atoms with E-state index in [4.69, 9.17) is 4.74 Å². The lowest BCUT2D eigenvalue weighted by Gasteiger charge is -2.27. The summed E-state index contributed by atoms with van der Waals surface area (Å²) in [7, 11) is 2.04. The van der Waals surface area contributed by atoms with Gasteiger partial charge in [0.2, 0.25) is 0 Å². The van der Waals surface area contributed by atoms with Gasteiger partial charge in [-0.05, 0) is 27.3 Å². The quantitative estimate of drug-likeness (QED) is 0.673. The molecule has 1 rings (SSSR count). The average Bonchev–Trinajstić information content (AvgIpc) is 2.32. The zero-order valence-electron chi connectivity index (χ0n) is 8.16. The molecule has 0 amide bonds. The minimum Gasteiger partial charge on any atom is -0.391 e. The van der Waals surface area contributed by atoms with E-state index in [1.165, 1.54) is 0 Å². The fraction of sp³-hybridized carbons (Fsp3) is 1.00. The Kier molecular flexibility index (Phi) is 3.50. The summed E-state index contributed by atoms with van der Waals surface area (Å²) < 4.78 is 5.46. The number of rotatable bonds is 3. The molecule has 0 aromatic carbocycles. The van der Waals surface area contributed by atoms with E-state index in [1.54, 1.807) is 0 Å². The van der Waals surface area contributed by atoms with Crippen LogP contribution in [0.1, 0.15) is 20.3 Å². The van der Waals surface area contributed by atoms with Gasteiger partial charge in [-0.1, -0.05) is 0 Å². The molecule has 3 heteroatoms. The van der Waals surface area contributed by atoms with E-state index in [2.05, 4.69) is 4.90 Å². The molecule has 0 radical (unpaired) electrons. The van der Waals surface area contributed by atoms with Crippen LogP contribution in [0.3, 0.4) is 0 Å². The second kappa shape index (κ2) is 4.21. The van der Waals surface area contributed by atoms with Gasteiger partial charge in [-0.2, -0.15) is 0 Å². The molecule has 12 heavy (non-hydrogen) atoms. The molecule has 0 aromatic heterocycles. The topological polar surface area (TPSA) is 32.7 Å². The van der Waals surface area contributed by atoms with Gasteiger partial charge in [0.15, 0.2) is 0 Å². The molecule has 0 aliphatic carbocycles. The van der Waals surface area contributed by atoms with Crippen molar-refractivity contribution in [1.29, 1.82) is 0 Å². The third kappa shape index (κ3) is 1.97. The summed E-state index contributed by atoms with van der Waals surface area (Å²) in [5.74, 6) is 0. The van der Waals surface area contributed by atoms with Crippen LogP contribution in [-0.2, 0) is 4.74 Å². The monoisotopic (exact) mass is 173 g/mol. The predicted molar refractivity (Wildman–Crippen MR) is 48.1 cm³/mol. The highest BCUT2D eigenvalue weighted by molar-refractivity contribution is 4.88. The summed E-state index contributed by atoms with van der Waals surface area (Å²) in [5, 5.41) is 9.63. The summed E-state index contributed by atoms with van der Waals surface area (Å²) in [4.78, 5) is 2.17. The first-order valence-corrected chi connectivity index (χ1v) is 4.66. The second-order valence-corrected chi connectivity index (χ2v) is 3.49. The van der Waals surface area contributed by atoms with Crippen molar-refractivity contribution < 1.29 is 9.84 Å². The lowest BCUT2D eigenvalue weighted by molar-refractivity contribution is -0.0138. The first-order valence-electron chi connectivity index (χ1n) is 4.66. The number of likely N-dealkylation sites (N-methyl/N-ethyl adjacent to an activating group) is 1. The van der Waals surface area contributed by atoms with E-state index in [9.17, 15) is 5.11 Å². The van der Waals surface area contributed by atoms with Crippen LogP contribution in [0.4, 0.5) is 0 Å². The molecule has 0 unspecified atom stereocenters. The van der Waals surface area contributed by atoms with Crippen molar-refractivity contribution in [2.45, 2.75) is 38.5 Å².